The highest BCUT2D eigenvalue weighted by Gasteiger charge is 2.15. The Labute approximate surface area is 145 Å². The number of carbonyl (C=O) groups is 2. The fourth-order valence-electron chi connectivity index (χ4n) is 2.61. The molecule has 1 heterocycles. The molecule has 0 aliphatic rings. The van der Waals surface area contributed by atoms with Gasteiger partial charge in [-0.25, -0.2) is 4.79 Å². The first kappa shape index (κ1) is 16.6. The zero-order valence-electron chi connectivity index (χ0n) is 14.1. The third-order valence-electron chi connectivity index (χ3n) is 3.70. The van der Waals surface area contributed by atoms with Crippen LogP contribution in [0.5, 0.6) is 0 Å². The third-order valence-corrected chi connectivity index (χ3v) is 3.70. The van der Waals surface area contributed by atoms with E-state index in [1.54, 1.807) is 12.1 Å². The molecule has 5 nitrogen and oxygen atoms in total. The number of para-hydroxylation sites is 1. The molecule has 0 bridgehead atoms. The number of benzene rings is 2. The normalized spacial score (nSPS) is 10.5. The van der Waals surface area contributed by atoms with Gasteiger partial charge in [0.05, 0.1) is 11.1 Å². The number of anilines is 1. The molecule has 0 saturated heterocycles. The first-order valence-corrected chi connectivity index (χ1v) is 7.93. The van der Waals surface area contributed by atoms with Gasteiger partial charge in [0.1, 0.15) is 0 Å². The zero-order chi connectivity index (χ0) is 17.8. The van der Waals surface area contributed by atoms with Gasteiger partial charge in [0.25, 0.3) is 5.91 Å². The van der Waals surface area contributed by atoms with E-state index >= 15 is 0 Å². The van der Waals surface area contributed by atoms with Gasteiger partial charge in [-0.3, -0.25) is 9.78 Å². The number of amides is 1. The van der Waals surface area contributed by atoms with Crippen LogP contribution < -0.4 is 5.32 Å². The van der Waals surface area contributed by atoms with Gasteiger partial charge in [0, 0.05) is 16.8 Å². The lowest BCUT2D eigenvalue weighted by Crippen LogP contribution is -2.21. The lowest BCUT2D eigenvalue weighted by atomic mass is 10.1. The van der Waals surface area contributed by atoms with Gasteiger partial charge in [0.2, 0.25) is 0 Å². The summed E-state index contributed by atoms with van der Waals surface area (Å²) in [6, 6.07) is 16.4. The molecule has 1 aromatic heterocycles. The number of hydrogen-bond acceptors (Lipinski definition) is 4. The third kappa shape index (κ3) is 4.01. The Hall–Kier alpha value is -3.21. The van der Waals surface area contributed by atoms with E-state index in [1.807, 2.05) is 56.3 Å². The van der Waals surface area contributed by atoms with Gasteiger partial charge in [-0.1, -0.05) is 30.3 Å². The number of aromatic nitrogens is 1. The quantitative estimate of drug-likeness (QED) is 0.740. The summed E-state index contributed by atoms with van der Waals surface area (Å²) in [6.45, 7) is 3.41. The summed E-state index contributed by atoms with van der Waals surface area (Å²) >= 11 is 0. The van der Waals surface area contributed by atoms with Crippen molar-refractivity contribution in [2.75, 3.05) is 11.9 Å². The molecule has 0 saturated carbocycles. The summed E-state index contributed by atoms with van der Waals surface area (Å²) in [6.07, 6.45) is 0. The molecule has 3 rings (SSSR count). The maximum absolute atomic E-state index is 12.4. The van der Waals surface area contributed by atoms with Gasteiger partial charge < -0.3 is 10.1 Å². The second-order valence-corrected chi connectivity index (χ2v) is 5.82. The zero-order valence-corrected chi connectivity index (χ0v) is 14.1. The lowest BCUT2D eigenvalue weighted by molar-refractivity contribution is -0.119. The van der Waals surface area contributed by atoms with Gasteiger partial charge >= 0.3 is 5.97 Å². The second kappa shape index (κ2) is 7.13. The number of carbonyl (C=O) groups excluding carboxylic acids is 2. The molecule has 0 radical (unpaired) electrons. The summed E-state index contributed by atoms with van der Waals surface area (Å²) in [4.78, 5) is 28.8. The van der Waals surface area contributed by atoms with E-state index in [1.165, 1.54) is 0 Å². The van der Waals surface area contributed by atoms with Crippen LogP contribution in [0.2, 0.25) is 0 Å². The Bertz CT molecular complexity index is 951. The van der Waals surface area contributed by atoms with Gasteiger partial charge in [0.15, 0.2) is 6.61 Å². The molecular formula is C20H18N2O3. The minimum absolute atomic E-state index is 0.345. The Kier molecular flexibility index (Phi) is 4.75. The average molecular weight is 334 g/mol. The molecule has 3 aromatic rings. The van der Waals surface area contributed by atoms with Crippen LogP contribution in [0.3, 0.4) is 0 Å². The van der Waals surface area contributed by atoms with Crippen molar-refractivity contribution in [2.45, 2.75) is 13.8 Å². The molecule has 5 heteroatoms. The van der Waals surface area contributed by atoms with Crippen LogP contribution in [0.1, 0.15) is 21.6 Å². The predicted octanol–water partition coefficient (Wildman–Crippen LogP) is 3.65. The minimum atomic E-state index is -0.541. The van der Waals surface area contributed by atoms with Crippen molar-refractivity contribution >= 4 is 28.5 Å². The number of esters is 1. The molecule has 0 spiro atoms. The van der Waals surface area contributed by atoms with Crippen LogP contribution in [0.25, 0.3) is 10.9 Å². The highest BCUT2D eigenvalue weighted by molar-refractivity contribution is 6.04. The Morgan fingerprint density at radius 1 is 1.04 bits per heavy atom. The van der Waals surface area contributed by atoms with E-state index in [0.29, 0.717) is 16.6 Å². The van der Waals surface area contributed by atoms with Crippen LogP contribution >= 0.6 is 0 Å². The topological polar surface area (TPSA) is 68.3 Å². The van der Waals surface area contributed by atoms with Crippen molar-refractivity contribution in [2.24, 2.45) is 0 Å². The van der Waals surface area contributed by atoms with Crippen molar-refractivity contribution in [3.63, 3.8) is 0 Å². The lowest BCUT2D eigenvalue weighted by Gasteiger charge is -2.09. The largest absolute Gasteiger partial charge is 0.452 e. The smallest absolute Gasteiger partial charge is 0.339 e. The predicted molar refractivity (Wildman–Crippen MR) is 96.6 cm³/mol. The SMILES string of the molecule is Cc1cccc(NC(=O)COC(=O)c2cc(C)nc3ccccc23)c1. The van der Waals surface area contributed by atoms with E-state index in [0.717, 1.165) is 16.8 Å². The maximum Gasteiger partial charge on any atom is 0.339 e. The number of hydrogen-bond donors (Lipinski definition) is 1. The molecule has 126 valence electrons. The highest BCUT2D eigenvalue weighted by atomic mass is 16.5. The molecule has 0 atom stereocenters. The molecule has 1 N–H and O–H groups in total. The van der Waals surface area contributed by atoms with Crippen LogP contribution in [-0.2, 0) is 9.53 Å². The van der Waals surface area contributed by atoms with Gasteiger partial charge in [-0.15, -0.1) is 0 Å². The van der Waals surface area contributed by atoms with E-state index < -0.39 is 5.97 Å². The summed E-state index contributed by atoms with van der Waals surface area (Å²) in [5, 5.41) is 3.42. The van der Waals surface area contributed by atoms with E-state index in [-0.39, 0.29) is 12.5 Å². The molecule has 25 heavy (non-hydrogen) atoms. The Balaban J connectivity index is 1.70. The number of pyridine rings is 1. The van der Waals surface area contributed by atoms with Crippen molar-refractivity contribution < 1.29 is 14.3 Å². The van der Waals surface area contributed by atoms with Crippen molar-refractivity contribution in [3.8, 4) is 0 Å². The van der Waals surface area contributed by atoms with E-state index in [2.05, 4.69) is 10.3 Å². The fraction of sp³-hybridized carbons (Fsp3) is 0.150. The first-order valence-electron chi connectivity index (χ1n) is 7.93. The summed E-state index contributed by atoms with van der Waals surface area (Å²) < 4.78 is 5.18. The van der Waals surface area contributed by atoms with Crippen molar-refractivity contribution in [1.82, 2.24) is 4.98 Å². The standard InChI is InChI=1S/C20H18N2O3/c1-13-6-5-7-15(10-13)22-19(23)12-25-20(24)17-11-14(2)21-18-9-4-3-8-16(17)18/h3-11H,12H2,1-2H3,(H,22,23). The van der Waals surface area contributed by atoms with Gasteiger partial charge in [-0.05, 0) is 43.7 Å². The fourth-order valence-corrected chi connectivity index (χ4v) is 2.61. The monoisotopic (exact) mass is 334 g/mol. The molecular weight excluding hydrogens is 316 g/mol. The number of ether oxygens (including phenoxy) is 1. The summed E-state index contributed by atoms with van der Waals surface area (Å²) in [5.41, 5.74) is 3.56. The Morgan fingerprint density at radius 3 is 2.64 bits per heavy atom. The maximum atomic E-state index is 12.4. The molecule has 0 fully saturated rings. The summed E-state index contributed by atoms with van der Waals surface area (Å²) in [7, 11) is 0. The van der Waals surface area contributed by atoms with Crippen molar-refractivity contribution in [1.29, 1.82) is 0 Å². The molecule has 1 amide bonds. The number of aryl methyl sites for hydroxylation is 2. The molecule has 0 aliphatic heterocycles. The molecule has 0 unspecified atom stereocenters. The van der Waals surface area contributed by atoms with Gasteiger partial charge in [-0.2, -0.15) is 0 Å². The summed E-state index contributed by atoms with van der Waals surface area (Å²) in [5.74, 6) is -0.921. The first-order chi connectivity index (χ1) is 12.0. The number of rotatable bonds is 4. The van der Waals surface area contributed by atoms with Crippen molar-refractivity contribution in [3.05, 3.63) is 71.4 Å². The minimum Gasteiger partial charge on any atom is -0.452 e. The van der Waals surface area contributed by atoms with Crippen LogP contribution in [0.4, 0.5) is 5.69 Å². The average Bonchev–Trinajstić information content (AvgIpc) is 2.59. The van der Waals surface area contributed by atoms with Crippen LogP contribution in [0.15, 0.2) is 54.6 Å². The Morgan fingerprint density at radius 2 is 1.84 bits per heavy atom. The molecule has 0 aliphatic carbocycles. The van der Waals surface area contributed by atoms with E-state index in [4.69, 9.17) is 4.74 Å². The van der Waals surface area contributed by atoms with E-state index in [9.17, 15) is 9.59 Å². The number of fused-ring (bicyclic) bond motifs is 1. The number of nitrogens with zero attached hydrogens (tertiary/aromatic N) is 1. The number of nitrogens with one attached hydrogen (secondary N) is 1. The highest BCUT2D eigenvalue weighted by Crippen LogP contribution is 2.19. The van der Waals surface area contributed by atoms with Crippen LogP contribution in [-0.4, -0.2) is 23.5 Å². The second-order valence-electron chi connectivity index (χ2n) is 5.82. The van der Waals surface area contributed by atoms with Crippen LogP contribution in [0, 0.1) is 13.8 Å². The molecule has 2 aromatic carbocycles.